The second kappa shape index (κ2) is 5.89. The van der Waals surface area contributed by atoms with E-state index in [2.05, 4.69) is 0 Å². The molecule has 1 aromatic heterocycles. The number of carbonyl (C=O) groups excluding carboxylic acids is 1. The van der Waals surface area contributed by atoms with Gasteiger partial charge >= 0.3 is 0 Å². The summed E-state index contributed by atoms with van der Waals surface area (Å²) in [7, 11) is 0. The van der Waals surface area contributed by atoms with Gasteiger partial charge in [-0.25, -0.2) is 0 Å². The summed E-state index contributed by atoms with van der Waals surface area (Å²) < 4.78 is 5.62. The second-order valence-electron chi connectivity index (χ2n) is 4.88. The van der Waals surface area contributed by atoms with Crippen LogP contribution in [0.4, 0.5) is 0 Å². The quantitative estimate of drug-likeness (QED) is 0.899. The number of carbonyl (C=O) groups is 1. The fraction of sp³-hybridized carbons (Fsp3) is 0.400. The molecule has 102 valence electrons. The van der Waals surface area contributed by atoms with Gasteiger partial charge in [0.1, 0.15) is 5.58 Å². The lowest BCUT2D eigenvalue weighted by Gasteiger charge is -2.25. The molecule has 0 aliphatic rings. The predicted octanol–water partition coefficient (Wildman–Crippen LogP) is 2.63. The van der Waals surface area contributed by atoms with Crippen molar-refractivity contribution in [2.75, 3.05) is 13.1 Å². The van der Waals surface area contributed by atoms with E-state index in [4.69, 9.17) is 10.2 Å². The minimum Gasteiger partial charge on any atom is -0.451 e. The van der Waals surface area contributed by atoms with Crippen LogP contribution in [-0.4, -0.2) is 29.9 Å². The Labute approximate surface area is 113 Å². The average Bonchev–Trinajstić information content (AvgIpc) is 2.82. The van der Waals surface area contributed by atoms with E-state index in [0.717, 1.165) is 17.4 Å². The molecule has 4 heteroatoms. The molecule has 0 saturated heterocycles. The van der Waals surface area contributed by atoms with Crippen LogP contribution < -0.4 is 5.73 Å². The maximum atomic E-state index is 12.5. The van der Waals surface area contributed by atoms with Gasteiger partial charge in [0.05, 0.1) is 0 Å². The normalized spacial score (nSPS) is 11.2. The number of fused-ring (bicyclic) bond motifs is 1. The molecule has 0 fully saturated rings. The first-order valence-electron chi connectivity index (χ1n) is 6.63. The highest BCUT2D eigenvalue weighted by Gasteiger charge is 2.21. The molecule has 1 heterocycles. The Morgan fingerprint density at radius 2 is 2.11 bits per heavy atom. The van der Waals surface area contributed by atoms with Crippen molar-refractivity contribution in [1.82, 2.24) is 4.90 Å². The van der Waals surface area contributed by atoms with E-state index >= 15 is 0 Å². The van der Waals surface area contributed by atoms with Gasteiger partial charge in [0, 0.05) is 18.0 Å². The number of para-hydroxylation sites is 1. The lowest BCUT2D eigenvalue weighted by atomic mass is 10.2. The van der Waals surface area contributed by atoms with E-state index in [1.807, 2.05) is 38.1 Å². The summed E-state index contributed by atoms with van der Waals surface area (Å²) in [4.78, 5) is 14.2. The maximum Gasteiger partial charge on any atom is 0.289 e. The first kappa shape index (κ1) is 13.6. The van der Waals surface area contributed by atoms with Gasteiger partial charge in [0.15, 0.2) is 5.76 Å². The third-order valence-corrected chi connectivity index (χ3v) is 3.12. The minimum atomic E-state index is -0.0698. The Bertz CT molecular complexity index is 527. The van der Waals surface area contributed by atoms with Gasteiger partial charge in [-0.1, -0.05) is 18.2 Å². The van der Waals surface area contributed by atoms with Crippen molar-refractivity contribution < 1.29 is 9.21 Å². The molecular formula is C15H20N2O2. The van der Waals surface area contributed by atoms with Gasteiger partial charge in [-0.15, -0.1) is 0 Å². The Balaban J connectivity index is 2.25. The summed E-state index contributed by atoms with van der Waals surface area (Å²) >= 11 is 0. The summed E-state index contributed by atoms with van der Waals surface area (Å²) in [5.74, 6) is 0.326. The molecule has 1 amide bonds. The fourth-order valence-electron chi connectivity index (χ4n) is 2.08. The first-order valence-corrected chi connectivity index (χ1v) is 6.63. The van der Waals surface area contributed by atoms with Crippen LogP contribution in [0.3, 0.4) is 0 Å². The molecule has 0 spiro atoms. The number of nitrogens with zero attached hydrogens (tertiary/aromatic N) is 1. The number of rotatable bonds is 5. The number of hydrogen-bond acceptors (Lipinski definition) is 3. The highest BCUT2D eigenvalue weighted by atomic mass is 16.3. The van der Waals surface area contributed by atoms with Crippen LogP contribution in [0.1, 0.15) is 30.8 Å². The molecule has 0 saturated carbocycles. The third kappa shape index (κ3) is 2.96. The van der Waals surface area contributed by atoms with Gasteiger partial charge in [0.2, 0.25) is 0 Å². The molecule has 2 N–H and O–H groups in total. The third-order valence-electron chi connectivity index (χ3n) is 3.12. The van der Waals surface area contributed by atoms with Crippen LogP contribution in [0.5, 0.6) is 0 Å². The van der Waals surface area contributed by atoms with Crippen molar-refractivity contribution in [3.8, 4) is 0 Å². The largest absolute Gasteiger partial charge is 0.451 e. The molecule has 0 aliphatic heterocycles. The lowest BCUT2D eigenvalue weighted by Crippen LogP contribution is -2.38. The van der Waals surface area contributed by atoms with Gasteiger partial charge < -0.3 is 15.1 Å². The van der Waals surface area contributed by atoms with Crippen molar-refractivity contribution in [2.24, 2.45) is 5.73 Å². The summed E-state index contributed by atoms with van der Waals surface area (Å²) in [6, 6.07) is 9.57. The van der Waals surface area contributed by atoms with Crippen LogP contribution in [0.25, 0.3) is 11.0 Å². The van der Waals surface area contributed by atoms with Crippen molar-refractivity contribution >= 4 is 16.9 Å². The highest BCUT2D eigenvalue weighted by molar-refractivity contribution is 5.96. The number of benzene rings is 1. The smallest absolute Gasteiger partial charge is 0.289 e. The average molecular weight is 260 g/mol. The zero-order valence-electron chi connectivity index (χ0n) is 11.4. The molecule has 19 heavy (non-hydrogen) atoms. The molecule has 0 atom stereocenters. The van der Waals surface area contributed by atoms with Crippen molar-refractivity contribution in [1.29, 1.82) is 0 Å². The van der Waals surface area contributed by atoms with Gasteiger partial charge in [-0.2, -0.15) is 0 Å². The van der Waals surface area contributed by atoms with Crippen molar-refractivity contribution in [2.45, 2.75) is 26.3 Å². The topological polar surface area (TPSA) is 59.5 Å². The van der Waals surface area contributed by atoms with Crippen LogP contribution in [0, 0.1) is 0 Å². The van der Waals surface area contributed by atoms with Crippen molar-refractivity contribution in [3.63, 3.8) is 0 Å². The Morgan fingerprint density at radius 1 is 1.37 bits per heavy atom. The SMILES string of the molecule is CC(C)N(CCCN)C(=O)c1cc2ccccc2o1. The standard InChI is InChI=1S/C15H20N2O2/c1-11(2)17(9-5-8-16)15(18)14-10-12-6-3-4-7-13(12)19-14/h3-4,6-7,10-11H,5,8-9,16H2,1-2H3. The second-order valence-corrected chi connectivity index (χ2v) is 4.88. The number of nitrogens with two attached hydrogens (primary N) is 1. The molecule has 0 unspecified atom stereocenters. The zero-order valence-corrected chi connectivity index (χ0v) is 11.4. The number of furan rings is 1. The van der Waals surface area contributed by atoms with Crippen LogP contribution in [0.2, 0.25) is 0 Å². The number of amides is 1. The van der Waals surface area contributed by atoms with E-state index in [1.165, 1.54) is 0 Å². The van der Waals surface area contributed by atoms with E-state index in [-0.39, 0.29) is 11.9 Å². The molecular weight excluding hydrogens is 240 g/mol. The molecule has 0 bridgehead atoms. The van der Waals surface area contributed by atoms with E-state index in [1.54, 1.807) is 11.0 Å². The van der Waals surface area contributed by atoms with Gasteiger partial charge in [-0.05, 0) is 38.9 Å². The molecule has 2 rings (SSSR count). The molecule has 0 radical (unpaired) electrons. The molecule has 4 nitrogen and oxygen atoms in total. The van der Waals surface area contributed by atoms with E-state index in [0.29, 0.717) is 18.8 Å². The summed E-state index contributed by atoms with van der Waals surface area (Å²) in [6.07, 6.45) is 0.796. The highest BCUT2D eigenvalue weighted by Crippen LogP contribution is 2.20. The lowest BCUT2D eigenvalue weighted by molar-refractivity contribution is 0.0674. The summed E-state index contributed by atoms with van der Waals surface area (Å²) in [5.41, 5.74) is 6.26. The van der Waals surface area contributed by atoms with Crippen molar-refractivity contribution in [3.05, 3.63) is 36.1 Å². The summed E-state index contributed by atoms with van der Waals surface area (Å²) in [5, 5.41) is 0.952. The zero-order chi connectivity index (χ0) is 13.8. The minimum absolute atomic E-state index is 0.0698. The predicted molar refractivity (Wildman–Crippen MR) is 76.1 cm³/mol. The monoisotopic (exact) mass is 260 g/mol. The number of hydrogen-bond donors (Lipinski definition) is 1. The van der Waals surface area contributed by atoms with E-state index in [9.17, 15) is 4.79 Å². The molecule has 0 aliphatic carbocycles. The van der Waals surface area contributed by atoms with Gasteiger partial charge in [0.25, 0.3) is 5.91 Å². The first-order chi connectivity index (χ1) is 9.13. The summed E-state index contributed by atoms with van der Waals surface area (Å²) in [6.45, 7) is 5.23. The maximum absolute atomic E-state index is 12.5. The molecule has 1 aromatic carbocycles. The Kier molecular flexibility index (Phi) is 4.22. The Hall–Kier alpha value is -1.81. The fourth-order valence-corrected chi connectivity index (χ4v) is 2.08. The van der Waals surface area contributed by atoms with Crippen LogP contribution in [-0.2, 0) is 0 Å². The van der Waals surface area contributed by atoms with E-state index < -0.39 is 0 Å². The Morgan fingerprint density at radius 3 is 2.74 bits per heavy atom. The van der Waals surface area contributed by atoms with Crippen LogP contribution in [0.15, 0.2) is 34.7 Å². The molecule has 2 aromatic rings. The van der Waals surface area contributed by atoms with Crippen LogP contribution >= 0.6 is 0 Å². The van der Waals surface area contributed by atoms with Gasteiger partial charge in [-0.3, -0.25) is 4.79 Å².